The fraction of sp³-hybridized carbons (Fsp3) is 0.207. The molecule has 0 bridgehead atoms. The van der Waals surface area contributed by atoms with Crippen LogP contribution in [-0.4, -0.2) is 33.3 Å². The number of imidazole rings is 1. The van der Waals surface area contributed by atoms with Gasteiger partial charge < -0.3 is 4.98 Å². The number of nitrogens with zero attached hydrogens (tertiary/aromatic N) is 4. The lowest BCUT2D eigenvalue weighted by Gasteiger charge is -2.34. The summed E-state index contributed by atoms with van der Waals surface area (Å²) in [7, 11) is -3.75. The normalized spacial score (nSPS) is 15.4. The molecule has 1 aliphatic rings. The smallest absolute Gasteiger partial charge is 0.279 e. The first-order chi connectivity index (χ1) is 18.5. The fourth-order valence-corrected chi connectivity index (χ4v) is 6.12. The van der Waals surface area contributed by atoms with Crippen LogP contribution in [0, 0.1) is 0 Å². The Balaban J connectivity index is 1.26. The zero-order valence-electron chi connectivity index (χ0n) is 20.8. The van der Waals surface area contributed by atoms with Gasteiger partial charge in [-0.15, -0.1) is 0 Å². The van der Waals surface area contributed by atoms with Gasteiger partial charge in [0.2, 0.25) is 0 Å². The maximum absolute atomic E-state index is 12.7. The molecule has 38 heavy (non-hydrogen) atoms. The molecule has 0 fully saturated rings. The van der Waals surface area contributed by atoms with E-state index in [-0.39, 0.29) is 11.1 Å². The Kier molecular flexibility index (Phi) is 6.61. The summed E-state index contributed by atoms with van der Waals surface area (Å²) < 4.78 is 27.9. The highest BCUT2D eigenvalue weighted by Crippen LogP contribution is 2.35. The number of hydrogen-bond acceptors (Lipinski definition) is 6. The number of sulfonamides is 1. The maximum Gasteiger partial charge on any atom is 0.279 e. The molecule has 192 valence electrons. The van der Waals surface area contributed by atoms with Crippen molar-refractivity contribution in [1.29, 1.82) is 0 Å². The van der Waals surface area contributed by atoms with Gasteiger partial charge in [0, 0.05) is 24.6 Å². The van der Waals surface area contributed by atoms with Gasteiger partial charge in [0.15, 0.2) is 5.03 Å². The number of rotatable bonds is 8. The summed E-state index contributed by atoms with van der Waals surface area (Å²) in [6.07, 6.45) is 6.51. The molecule has 1 unspecified atom stereocenters. The summed E-state index contributed by atoms with van der Waals surface area (Å²) in [5, 5.41) is -0.00968. The van der Waals surface area contributed by atoms with Crippen molar-refractivity contribution >= 4 is 26.7 Å². The summed E-state index contributed by atoms with van der Waals surface area (Å²) in [4.78, 5) is 19.4. The Morgan fingerprint density at radius 1 is 0.895 bits per heavy atom. The summed E-state index contributed by atoms with van der Waals surface area (Å²) in [6.45, 7) is 1.31. The molecule has 2 aromatic carbocycles. The molecule has 3 heterocycles. The predicted octanol–water partition coefficient (Wildman–Crippen LogP) is 5.23. The Labute approximate surface area is 221 Å². The van der Waals surface area contributed by atoms with E-state index in [4.69, 9.17) is 9.97 Å². The van der Waals surface area contributed by atoms with Crippen molar-refractivity contribution in [1.82, 2.24) is 24.8 Å². The maximum atomic E-state index is 12.7. The Morgan fingerprint density at radius 2 is 1.71 bits per heavy atom. The first kappa shape index (κ1) is 24.3. The van der Waals surface area contributed by atoms with E-state index in [1.165, 1.54) is 17.8 Å². The Bertz CT molecular complexity index is 1620. The Hall–Kier alpha value is -4.08. The number of H-pyrrole nitrogens is 1. The number of anilines is 1. The van der Waals surface area contributed by atoms with E-state index in [9.17, 15) is 8.42 Å². The van der Waals surface area contributed by atoms with Crippen LogP contribution in [0.2, 0.25) is 0 Å². The number of pyridine rings is 2. The van der Waals surface area contributed by atoms with Gasteiger partial charge in [0.1, 0.15) is 5.82 Å². The van der Waals surface area contributed by atoms with Crippen LogP contribution >= 0.6 is 0 Å². The van der Waals surface area contributed by atoms with Crippen molar-refractivity contribution < 1.29 is 8.42 Å². The number of aryl methyl sites for hydroxylation is 1. The number of para-hydroxylation sites is 2. The highest BCUT2D eigenvalue weighted by atomic mass is 32.2. The molecule has 1 atom stereocenters. The van der Waals surface area contributed by atoms with E-state index >= 15 is 0 Å². The first-order valence-electron chi connectivity index (χ1n) is 12.7. The van der Waals surface area contributed by atoms with Crippen molar-refractivity contribution in [2.45, 2.75) is 43.4 Å². The SMILES string of the molecule is O=S(=O)(Nc1ccc(CN(Cc2nc3ccccc3[nH]2)C2CCCc3cccnc32)cc1)c1ccccn1. The van der Waals surface area contributed by atoms with Gasteiger partial charge in [-0.25, -0.2) is 9.97 Å². The predicted molar refractivity (Wildman–Crippen MR) is 147 cm³/mol. The van der Waals surface area contributed by atoms with Crippen molar-refractivity contribution in [3.63, 3.8) is 0 Å². The molecular weight excluding hydrogens is 496 g/mol. The molecular formula is C29H28N6O2S. The second-order valence-corrected chi connectivity index (χ2v) is 11.2. The molecule has 6 rings (SSSR count). The zero-order chi connectivity index (χ0) is 26.0. The van der Waals surface area contributed by atoms with Gasteiger partial charge in [0.05, 0.1) is 29.3 Å². The number of fused-ring (bicyclic) bond motifs is 2. The second-order valence-electron chi connectivity index (χ2n) is 9.53. The number of nitrogens with one attached hydrogen (secondary N) is 2. The third-order valence-electron chi connectivity index (χ3n) is 6.90. The van der Waals surface area contributed by atoms with E-state index in [2.05, 4.69) is 25.7 Å². The molecule has 0 saturated heterocycles. The molecule has 0 amide bonds. The fourth-order valence-electron chi connectivity index (χ4n) is 5.12. The van der Waals surface area contributed by atoms with Crippen LogP contribution in [0.5, 0.6) is 0 Å². The first-order valence-corrected chi connectivity index (χ1v) is 14.2. The minimum Gasteiger partial charge on any atom is -0.341 e. The molecule has 0 radical (unpaired) electrons. The monoisotopic (exact) mass is 524 g/mol. The molecule has 8 nitrogen and oxygen atoms in total. The van der Waals surface area contributed by atoms with E-state index in [1.54, 1.807) is 24.3 Å². The molecule has 1 aliphatic carbocycles. The number of benzene rings is 2. The number of hydrogen-bond donors (Lipinski definition) is 2. The largest absolute Gasteiger partial charge is 0.341 e. The molecule has 3 aromatic heterocycles. The van der Waals surface area contributed by atoms with Gasteiger partial charge in [-0.3, -0.25) is 14.6 Å². The van der Waals surface area contributed by atoms with Gasteiger partial charge in [-0.1, -0.05) is 36.4 Å². The van der Waals surface area contributed by atoms with E-state index < -0.39 is 10.0 Å². The Morgan fingerprint density at radius 3 is 2.53 bits per heavy atom. The van der Waals surface area contributed by atoms with Crippen molar-refractivity contribution in [2.75, 3.05) is 4.72 Å². The molecule has 2 N–H and O–H groups in total. The molecule has 0 aliphatic heterocycles. The van der Waals surface area contributed by atoms with E-state index in [1.807, 2.05) is 48.7 Å². The van der Waals surface area contributed by atoms with Crippen LogP contribution in [0.4, 0.5) is 5.69 Å². The van der Waals surface area contributed by atoms with Crippen LogP contribution in [0.3, 0.4) is 0 Å². The van der Waals surface area contributed by atoms with E-state index in [0.29, 0.717) is 18.8 Å². The quantitative estimate of drug-likeness (QED) is 0.288. The number of aromatic nitrogens is 4. The highest BCUT2D eigenvalue weighted by molar-refractivity contribution is 7.92. The van der Waals surface area contributed by atoms with Crippen LogP contribution < -0.4 is 4.72 Å². The number of aromatic amines is 1. The third-order valence-corrected chi connectivity index (χ3v) is 8.20. The third kappa shape index (κ3) is 5.16. The topological polar surface area (TPSA) is 104 Å². The van der Waals surface area contributed by atoms with Gasteiger partial charge in [0.25, 0.3) is 10.0 Å². The lowest BCUT2D eigenvalue weighted by atomic mass is 9.90. The molecule has 0 spiro atoms. The van der Waals surface area contributed by atoms with Gasteiger partial charge in [-0.2, -0.15) is 8.42 Å². The summed E-state index contributed by atoms with van der Waals surface area (Å²) >= 11 is 0. The van der Waals surface area contributed by atoms with Crippen LogP contribution in [-0.2, 0) is 29.5 Å². The van der Waals surface area contributed by atoms with Gasteiger partial charge >= 0.3 is 0 Å². The standard InChI is InChI=1S/C29H28N6O2S/c36-38(37,28-12-3-4-17-30-28)34-23-15-13-21(14-16-23)19-35(20-27-32-24-9-1-2-10-25(24)33-27)26-11-5-7-22-8-6-18-31-29(22)26/h1-4,6,8-10,12-18,26,34H,5,7,11,19-20H2,(H,32,33). The minimum absolute atomic E-state index is 0.00968. The highest BCUT2D eigenvalue weighted by Gasteiger charge is 2.28. The van der Waals surface area contributed by atoms with Crippen molar-refractivity contribution in [3.05, 3.63) is 114 Å². The minimum atomic E-state index is -3.75. The van der Waals surface area contributed by atoms with Crippen LogP contribution in [0.25, 0.3) is 11.0 Å². The second kappa shape index (κ2) is 10.4. The van der Waals surface area contributed by atoms with Crippen LogP contribution in [0.15, 0.2) is 96.3 Å². The van der Waals surface area contributed by atoms with E-state index in [0.717, 1.165) is 47.4 Å². The molecule has 5 aromatic rings. The average molecular weight is 525 g/mol. The molecule has 9 heteroatoms. The van der Waals surface area contributed by atoms with Crippen molar-refractivity contribution in [3.8, 4) is 0 Å². The zero-order valence-corrected chi connectivity index (χ0v) is 21.6. The average Bonchev–Trinajstić information content (AvgIpc) is 3.36. The molecule has 0 saturated carbocycles. The summed E-state index contributed by atoms with van der Waals surface area (Å²) in [5.74, 6) is 0.911. The summed E-state index contributed by atoms with van der Waals surface area (Å²) in [6, 6.07) is 24.7. The lowest BCUT2D eigenvalue weighted by Crippen LogP contribution is -2.31. The van der Waals surface area contributed by atoms with Crippen molar-refractivity contribution in [2.24, 2.45) is 0 Å². The van der Waals surface area contributed by atoms with Gasteiger partial charge in [-0.05, 0) is 72.9 Å². The lowest BCUT2D eigenvalue weighted by molar-refractivity contribution is 0.153. The summed E-state index contributed by atoms with van der Waals surface area (Å²) in [5.41, 5.74) is 5.98. The van der Waals surface area contributed by atoms with Crippen LogP contribution in [0.1, 0.15) is 41.5 Å².